The van der Waals surface area contributed by atoms with Crippen LogP contribution in [0.3, 0.4) is 0 Å². The number of rotatable bonds is 2. The Balaban J connectivity index is 0.00000147. The maximum Gasteiger partial charge on any atom is 0.250 e. The second-order valence-corrected chi connectivity index (χ2v) is 4.80. The van der Waals surface area contributed by atoms with Gasteiger partial charge in [-0.2, -0.15) is 0 Å². The van der Waals surface area contributed by atoms with Crippen LogP contribution in [0.2, 0.25) is 0 Å². The van der Waals surface area contributed by atoms with Crippen LogP contribution in [0, 0.1) is 0 Å². The maximum absolute atomic E-state index is 12.2. The molecule has 2 N–H and O–H groups in total. The Morgan fingerprint density at radius 1 is 1.30 bits per heavy atom. The van der Waals surface area contributed by atoms with Gasteiger partial charge in [-0.15, -0.1) is 12.4 Å². The summed E-state index contributed by atoms with van der Waals surface area (Å²) in [6.07, 6.45) is 0.409. The van der Waals surface area contributed by atoms with Gasteiger partial charge in [-0.25, -0.2) is 0 Å². The summed E-state index contributed by atoms with van der Waals surface area (Å²) in [6.45, 7) is 2.61. The number of morpholine rings is 1. The molecule has 2 aliphatic rings. The smallest absolute Gasteiger partial charge is 0.250 e. The van der Waals surface area contributed by atoms with E-state index in [1.807, 2.05) is 24.3 Å². The lowest BCUT2D eigenvalue weighted by atomic mass is 10.0. The molecule has 0 saturated carbocycles. The van der Waals surface area contributed by atoms with E-state index in [4.69, 9.17) is 9.47 Å². The number of nitrogens with one attached hydrogen (secondary N) is 2. The zero-order valence-electron chi connectivity index (χ0n) is 11.1. The average molecular weight is 299 g/mol. The number of halogens is 1. The van der Waals surface area contributed by atoms with Crippen molar-refractivity contribution in [3.8, 4) is 5.75 Å². The highest BCUT2D eigenvalue weighted by Gasteiger charge is 2.27. The zero-order valence-corrected chi connectivity index (χ0v) is 11.9. The van der Waals surface area contributed by atoms with E-state index in [0.717, 1.165) is 24.3 Å². The van der Waals surface area contributed by atoms with Gasteiger partial charge < -0.3 is 20.1 Å². The van der Waals surface area contributed by atoms with Gasteiger partial charge in [0.25, 0.3) is 5.91 Å². The highest BCUT2D eigenvalue weighted by atomic mass is 35.5. The minimum atomic E-state index is -0.385. The van der Waals surface area contributed by atoms with Gasteiger partial charge in [-0.1, -0.05) is 18.2 Å². The quantitative estimate of drug-likeness (QED) is 0.856. The molecule has 2 heterocycles. The van der Waals surface area contributed by atoms with Crippen molar-refractivity contribution in [2.45, 2.75) is 18.6 Å². The van der Waals surface area contributed by atoms with Crippen LogP contribution in [0.15, 0.2) is 24.3 Å². The lowest BCUT2D eigenvalue weighted by molar-refractivity contribution is -0.135. The van der Waals surface area contributed by atoms with Crippen LogP contribution in [0.1, 0.15) is 18.0 Å². The van der Waals surface area contributed by atoms with Crippen molar-refractivity contribution in [2.75, 3.05) is 26.3 Å². The third-order valence-electron chi connectivity index (χ3n) is 3.50. The molecule has 2 aliphatic heterocycles. The van der Waals surface area contributed by atoms with Gasteiger partial charge in [-0.05, 0) is 6.07 Å². The topological polar surface area (TPSA) is 59.6 Å². The third kappa shape index (κ3) is 3.23. The Bertz CT molecular complexity index is 463. The van der Waals surface area contributed by atoms with Gasteiger partial charge >= 0.3 is 0 Å². The molecule has 6 heteroatoms. The lowest BCUT2D eigenvalue weighted by Gasteiger charge is -2.29. The first-order valence-corrected chi connectivity index (χ1v) is 6.69. The minimum Gasteiger partial charge on any atom is -0.493 e. The van der Waals surface area contributed by atoms with Crippen LogP contribution in [-0.4, -0.2) is 38.3 Å². The standard InChI is InChI=1S/C14H18N2O3.ClH/c17-14(13-9-15-6-8-19-13)16-11-5-7-18-12-4-2-1-3-10(11)12;/h1-4,11,13,15H,5-9H2,(H,16,17);1H. The van der Waals surface area contributed by atoms with Crippen molar-refractivity contribution in [2.24, 2.45) is 0 Å². The first-order chi connectivity index (χ1) is 9.34. The van der Waals surface area contributed by atoms with Crippen LogP contribution in [-0.2, 0) is 9.53 Å². The Labute approximate surface area is 124 Å². The van der Waals surface area contributed by atoms with Crippen molar-refractivity contribution < 1.29 is 14.3 Å². The second kappa shape index (κ2) is 6.92. The SMILES string of the molecule is Cl.O=C(NC1CCOc2ccccc21)C1CNCCO1. The fourth-order valence-electron chi connectivity index (χ4n) is 2.49. The monoisotopic (exact) mass is 298 g/mol. The highest BCUT2D eigenvalue weighted by Crippen LogP contribution is 2.31. The van der Waals surface area contributed by atoms with E-state index in [-0.39, 0.29) is 30.5 Å². The molecular formula is C14H19ClN2O3. The molecule has 0 spiro atoms. The molecular weight excluding hydrogens is 280 g/mol. The molecule has 2 unspecified atom stereocenters. The van der Waals surface area contributed by atoms with Crippen LogP contribution >= 0.6 is 12.4 Å². The molecule has 3 rings (SSSR count). The molecule has 1 aromatic rings. The molecule has 0 aromatic heterocycles. The first-order valence-electron chi connectivity index (χ1n) is 6.69. The molecule has 20 heavy (non-hydrogen) atoms. The number of fused-ring (bicyclic) bond motifs is 1. The molecule has 0 bridgehead atoms. The van der Waals surface area contributed by atoms with E-state index in [1.54, 1.807) is 0 Å². The molecule has 1 fully saturated rings. The summed E-state index contributed by atoms with van der Waals surface area (Å²) in [6, 6.07) is 7.86. The fraction of sp³-hybridized carbons (Fsp3) is 0.500. The van der Waals surface area contributed by atoms with Gasteiger partial charge in [0, 0.05) is 25.1 Å². The average Bonchev–Trinajstić information content (AvgIpc) is 2.48. The summed E-state index contributed by atoms with van der Waals surface area (Å²) in [7, 11) is 0. The van der Waals surface area contributed by atoms with Crippen LogP contribution in [0.25, 0.3) is 0 Å². The number of para-hydroxylation sites is 1. The van der Waals surface area contributed by atoms with Crippen molar-refractivity contribution >= 4 is 18.3 Å². The van der Waals surface area contributed by atoms with E-state index < -0.39 is 0 Å². The number of benzene rings is 1. The van der Waals surface area contributed by atoms with Gasteiger partial charge in [-0.3, -0.25) is 4.79 Å². The molecule has 1 amide bonds. The van der Waals surface area contributed by atoms with Crippen molar-refractivity contribution in [1.29, 1.82) is 0 Å². The third-order valence-corrected chi connectivity index (χ3v) is 3.50. The Morgan fingerprint density at radius 3 is 2.95 bits per heavy atom. The predicted molar refractivity (Wildman–Crippen MR) is 77.3 cm³/mol. The first kappa shape index (κ1) is 15.1. The van der Waals surface area contributed by atoms with Crippen LogP contribution in [0.4, 0.5) is 0 Å². The summed E-state index contributed by atoms with van der Waals surface area (Å²) < 4.78 is 11.0. The zero-order chi connectivity index (χ0) is 13.1. The molecule has 0 aliphatic carbocycles. The van der Waals surface area contributed by atoms with Crippen LogP contribution < -0.4 is 15.4 Å². The van der Waals surface area contributed by atoms with Gasteiger partial charge in [0.1, 0.15) is 11.9 Å². The van der Waals surface area contributed by atoms with Gasteiger partial charge in [0.05, 0.1) is 19.3 Å². The van der Waals surface area contributed by atoms with Crippen molar-refractivity contribution in [3.05, 3.63) is 29.8 Å². The summed E-state index contributed by atoms with van der Waals surface area (Å²) in [4.78, 5) is 12.2. The van der Waals surface area contributed by atoms with E-state index in [1.165, 1.54) is 0 Å². The molecule has 1 saturated heterocycles. The number of ether oxygens (including phenoxy) is 2. The minimum absolute atomic E-state index is 0. The largest absolute Gasteiger partial charge is 0.493 e. The number of hydrogen-bond donors (Lipinski definition) is 2. The number of carbonyl (C=O) groups excluding carboxylic acids is 1. The van der Waals surface area contributed by atoms with Crippen LogP contribution in [0.5, 0.6) is 5.75 Å². The molecule has 1 aromatic carbocycles. The maximum atomic E-state index is 12.2. The Kier molecular flexibility index (Phi) is 5.23. The van der Waals surface area contributed by atoms with E-state index >= 15 is 0 Å². The number of hydrogen-bond acceptors (Lipinski definition) is 4. The molecule has 0 radical (unpaired) electrons. The van der Waals surface area contributed by atoms with Gasteiger partial charge in [0.15, 0.2) is 0 Å². The summed E-state index contributed by atoms with van der Waals surface area (Å²) in [5.74, 6) is 0.815. The van der Waals surface area contributed by atoms with E-state index in [0.29, 0.717) is 19.8 Å². The van der Waals surface area contributed by atoms with E-state index in [2.05, 4.69) is 10.6 Å². The van der Waals surface area contributed by atoms with Gasteiger partial charge in [0.2, 0.25) is 0 Å². The summed E-state index contributed by atoms with van der Waals surface area (Å²) >= 11 is 0. The number of amides is 1. The van der Waals surface area contributed by atoms with E-state index in [9.17, 15) is 4.79 Å². The predicted octanol–water partition coefficient (Wildman–Crippen LogP) is 1.04. The molecule has 2 atom stereocenters. The Morgan fingerprint density at radius 2 is 2.15 bits per heavy atom. The summed E-state index contributed by atoms with van der Waals surface area (Å²) in [5.41, 5.74) is 1.05. The Hall–Kier alpha value is -1.30. The molecule has 5 nitrogen and oxygen atoms in total. The van der Waals surface area contributed by atoms with Crippen molar-refractivity contribution in [1.82, 2.24) is 10.6 Å². The highest BCUT2D eigenvalue weighted by molar-refractivity contribution is 5.85. The van der Waals surface area contributed by atoms with Crippen molar-refractivity contribution in [3.63, 3.8) is 0 Å². The normalized spacial score (nSPS) is 24.8. The number of carbonyl (C=O) groups is 1. The second-order valence-electron chi connectivity index (χ2n) is 4.80. The lowest BCUT2D eigenvalue weighted by Crippen LogP contribution is -2.49. The summed E-state index contributed by atoms with van der Waals surface area (Å²) in [5, 5.41) is 6.22. The fourth-order valence-corrected chi connectivity index (χ4v) is 2.49. The molecule has 110 valence electrons.